The summed E-state index contributed by atoms with van der Waals surface area (Å²) >= 11 is 0. The molecule has 0 aromatic rings. The SMILES string of the molecule is CC/C(C)=C/CC/C(C)=C/CC1CCCC1O.CC1=CC(=O)CC(CC(C)C)C1.CC1=CC(O)CC(CC(C)C)C1.CCC(C)CCCC(C)CCC1CCCC1=O.CCC(C)CCCC(C)CCC1CCCC1O.CCCCC1CC(=O)C=C(C)C1.CCCCCC1CC(=O)C=C(C)C1.CCCCCCC1CC(=O)C=C(C)C1.CCCCCCCC1CC(=O)C=C(C)C1. The number of aliphatic hydroxyl groups excluding tert-OH is 3. The number of aliphatic hydroxyl groups is 3. The van der Waals surface area contributed by atoms with Gasteiger partial charge in [-0.25, -0.2) is 0 Å². The Hall–Kier alpha value is -4.18. The minimum Gasteiger partial charge on any atom is -0.393 e. The summed E-state index contributed by atoms with van der Waals surface area (Å²) in [6.45, 7) is 51.0. The minimum atomic E-state index is -0.178. The smallest absolute Gasteiger partial charge is 0.155 e. The molecule has 0 aromatic carbocycles. The number of allylic oxidation sites excluding steroid dienone is 15. The molecule has 16 unspecified atom stereocenters. The van der Waals surface area contributed by atoms with E-state index in [1.165, 1.54) is 289 Å². The Morgan fingerprint density at radius 2 is 0.721 bits per heavy atom. The van der Waals surface area contributed by atoms with Crippen LogP contribution in [0.3, 0.4) is 0 Å². The molecule has 16 atom stereocenters. The van der Waals surface area contributed by atoms with Crippen LogP contribution in [-0.2, 0) is 28.8 Å². The quantitative estimate of drug-likeness (QED) is 0.0398. The first-order valence-electron chi connectivity index (χ1n) is 55.0. The molecule has 9 heteroatoms. The molecule has 0 saturated heterocycles. The summed E-state index contributed by atoms with van der Waals surface area (Å²) in [5.74, 6) is 12.6. The summed E-state index contributed by atoms with van der Waals surface area (Å²) in [6, 6.07) is 0. The maximum absolute atomic E-state index is 11.5. The van der Waals surface area contributed by atoms with Crippen molar-refractivity contribution < 1.29 is 44.1 Å². The van der Waals surface area contributed by atoms with Gasteiger partial charge in [0.25, 0.3) is 0 Å². The third-order valence-corrected chi connectivity index (χ3v) is 29.4. The van der Waals surface area contributed by atoms with Gasteiger partial charge in [-0.15, -0.1) is 0 Å². The first-order valence-corrected chi connectivity index (χ1v) is 55.0. The van der Waals surface area contributed by atoms with Crippen molar-refractivity contribution in [3.63, 3.8) is 0 Å². The van der Waals surface area contributed by atoms with E-state index in [0.717, 1.165) is 152 Å². The zero-order chi connectivity index (χ0) is 96.4. The first-order chi connectivity index (χ1) is 61.4. The zero-order valence-electron chi connectivity index (χ0n) is 89.1. The van der Waals surface area contributed by atoms with Crippen LogP contribution >= 0.6 is 0 Å². The van der Waals surface area contributed by atoms with Crippen molar-refractivity contribution in [1.82, 2.24) is 0 Å². The largest absolute Gasteiger partial charge is 0.393 e. The average molecular weight is 1800 g/mol. The van der Waals surface area contributed by atoms with Crippen LogP contribution in [0.5, 0.6) is 0 Å². The molecule has 9 aliphatic carbocycles. The Bertz CT molecular complexity index is 3230. The number of carbonyl (C=O) groups excluding carboxylic acids is 6. The Morgan fingerprint density at radius 3 is 1.10 bits per heavy atom. The van der Waals surface area contributed by atoms with Crippen molar-refractivity contribution in [2.45, 2.75) is 544 Å². The molecule has 0 amide bonds. The number of carbonyl (C=O) groups is 6. The topological polar surface area (TPSA) is 163 Å². The number of Topliss-reactive ketones (excluding diaryl/α,β-unsaturated/α-hetero) is 1. The molecule has 0 bridgehead atoms. The van der Waals surface area contributed by atoms with Gasteiger partial charge in [0.2, 0.25) is 0 Å². The maximum Gasteiger partial charge on any atom is 0.155 e. The van der Waals surface area contributed by atoms with E-state index in [1.54, 1.807) is 6.08 Å². The van der Waals surface area contributed by atoms with Crippen molar-refractivity contribution >= 4 is 34.7 Å². The van der Waals surface area contributed by atoms with Crippen molar-refractivity contribution in [3.8, 4) is 0 Å². The molecule has 0 aliphatic heterocycles. The number of rotatable bonds is 44. The molecule has 3 N–H and O–H groups in total. The monoisotopic (exact) mass is 1800 g/mol. The normalized spacial score (nSPS) is 25.0. The summed E-state index contributed by atoms with van der Waals surface area (Å²) < 4.78 is 0. The molecule has 9 rings (SSSR count). The van der Waals surface area contributed by atoms with Gasteiger partial charge in [0.1, 0.15) is 5.78 Å². The van der Waals surface area contributed by atoms with Crippen LogP contribution in [-0.4, -0.2) is 68.3 Å². The molecule has 0 aromatic heterocycles. The summed E-state index contributed by atoms with van der Waals surface area (Å²) in [6.07, 6.45) is 83.8. The van der Waals surface area contributed by atoms with Gasteiger partial charge >= 0.3 is 0 Å². The van der Waals surface area contributed by atoms with Crippen LogP contribution in [0.4, 0.5) is 0 Å². The molecular formula is C120H212O9. The van der Waals surface area contributed by atoms with E-state index in [9.17, 15) is 44.1 Å². The van der Waals surface area contributed by atoms with E-state index in [1.807, 2.05) is 30.4 Å². The molecule has 9 aliphatic rings. The Balaban J connectivity index is 0.000000728. The van der Waals surface area contributed by atoms with E-state index in [-0.39, 0.29) is 18.3 Å². The molecule has 9 nitrogen and oxygen atoms in total. The van der Waals surface area contributed by atoms with Gasteiger partial charge in [-0.3, -0.25) is 28.8 Å². The maximum atomic E-state index is 11.5. The molecule has 0 radical (unpaired) electrons. The Labute approximate surface area is 799 Å². The van der Waals surface area contributed by atoms with E-state index in [4.69, 9.17) is 0 Å². The van der Waals surface area contributed by atoms with Crippen molar-refractivity contribution in [2.24, 2.45) is 88.8 Å². The number of ketones is 6. The second kappa shape index (κ2) is 75.9. The third kappa shape index (κ3) is 66.0. The lowest BCUT2D eigenvalue weighted by molar-refractivity contribution is -0.121. The highest BCUT2D eigenvalue weighted by atomic mass is 16.3. The summed E-state index contributed by atoms with van der Waals surface area (Å²) in [5, 5.41) is 29.0. The van der Waals surface area contributed by atoms with Crippen LogP contribution in [0.15, 0.2) is 93.2 Å². The van der Waals surface area contributed by atoms with Crippen LogP contribution in [0.2, 0.25) is 0 Å². The summed E-state index contributed by atoms with van der Waals surface area (Å²) in [7, 11) is 0. The highest BCUT2D eigenvalue weighted by Gasteiger charge is 2.29. The predicted molar refractivity (Wildman–Crippen MR) is 559 cm³/mol. The van der Waals surface area contributed by atoms with Gasteiger partial charge in [0.05, 0.1) is 18.3 Å². The average Bonchev–Trinajstić information content (AvgIpc) is 1.81. The van der Waals surface area contributed by atoms with Crippen molar-refractivity contribution in [1.29, 1.82) is 0 Å². The van der Waals surface area contributed by atoms with Gasteiger partial charge in [-0.05, 0) is 329 Å². The van der Waals surface area contributed by atoms with Gasteiger partial charge in [-0.1, -0.05) is 334 Å². The Kier molecular flexibility index (Phi) is 72.3. The van der Waals surface area contributed by atoms with Crippen LogP contribution < -0.4 is 0 Å². The number of hydrogen-bond acceptors (Lipinski definition) is 9. The minimum absolute atomic E-state index is 0.0160. The number of hydrogen-bond donors (Lipinski definition) is 3. The fourth-order valence-corrected chi connectivity index (χ4v) is 21.2. The van der Waals surface area contributed by atoms with Crippen molar-refractivity contribution in [3.05, 3.63) is 93.2 Å². The van der Waals surface area contributed by atoms with Crippen LogP contribution in [0, 0.1) is 88.8 Å². The van der Waals surface area contributed by atoms with E-state index < -0.39 is 0 Å². The van der Waals surface area contributed by atoms with E-state index in [0.29, 0.717) is 93.9 Å². The lowest BCUT2D eigenvalue weighted by Gasteiger charge is -2.25. The summed E-state index contributed by atoms with van der Waals surface area (Å²) in [5.41, 5.74) is 10.7. The van der Waals surface area contributed by atoms with E-state index >= 15 is 0 Å². The standard InChI is InChI=1S/C16H32O.C16H30O.C16H28O.C14H24O.C13H22O.C12H20O.C11H20O.2C11H18O/c3*1-4-13(2)7-5-8-14(3)11-12-15-9-6-10-16(15)17;1-3-4-5-6-7-8-13-9-12(2)10-14(15)11-13;1-3-4-5-6-7-12-8-11(2)9-13(14)10-12;1-3-4-5-6-11-7-10(2)8-12(13)9-11;2*1-8(2)4-10-5-9(3)6-11(12)7-10;1-3-4-5-10-6-9(2)7-11(12)8-10/h13-17H,4-12H2,1-3H3;13-15H,4-12H2,1-3H3;7,11,15-17H,4-6,8-10,12H2,1-3H3;10,13H,3-9,11H2,1-2H3;9,12H,3-8,10H2,1-2H3;8,11H,3-7,9H2,1-2H3;6,8,10-12H,4-5,7H2,1-3H3;6,8,10H,4-5,7H2,1-3H3;7,10H,3-6,8H2,1-2H3/b;;13-7+,14-11+;;;;;;. The molecule has 3 saturated carbocycles. The second-order valence-electron chi connectivity index (χ2n) is 44.5. The van der Waals surface area contributed by atoms with Crippen LogP contribution in [0.1, 0.15) is 525 Å². The molecular weight excluding hydrogens is 1590 g/mol. The zero-order valence-corrected chi connectivity index (χ0v) is 89.1. The van der Waals surface area contributed by atoms with E-state index in [2.05, 4.69) is 171 Å². The lowest BCUT2D eigenvalue weighted by Crippen LogP contribution is -2.18. The first kappa shape index (κ1) is 123. The van der Waals surface area contributed by atoms with Gasteiger partial charge < -0.3 is 15.3 Å². The lowest BCUT2D eigenvalue weighted by atomic mass is 9.83. The van der Waals surface area contributed by atoms with Gasteiger partial charge in [-0.2, -0.15) is 0 Å². The Morgan fingerprint density at radius 1 is 0.357 bits per heavy atom. The van der Waals surface area contributed by atoms with Gasteiger partial charge in [0, 0.05) is 44.4 Å². The highest BCUT2D eigenvalue weighted by Crippen LogP contribution is 2.37. The van der Waals surface area contributed by atoms with Crippen molar-refractivity contribution in [2.75, 3.05) is 0 Å². The molecule has 3 fully saturated rings. The van der Waals surface area contributed by atoms with Crippen LogP contribution in [0.25, 0.3) is 0 Å². The third-order valence-electron chi connectivity index (χ3n) is 29.4. The highest BCUT2D eigenvalue weighted by molar-refractivity contribution is 5.93. The second-order valence-corrected chi connectivity index (χ2v) is 44.5. The fourth-order valence-electron chi connectivity index (χ4n) is 21.2. The summed E-state index contributed by atoms with van der Waals surface area (Å²) in [4.78, 5) is 67.8. The number of unbranched alkanes of at least 4 members (excludes halogenated alkanes) is 10. The molecule has 0 heterocycles. The van der Waals surface area contributed by atoms with Gasteiger partial charge in [0.15, 0.2) is 28.9 Å². The molecule has 129 heavy (non-hydrogen) atoms. The predicted octanol–water partition coefficient (Wildman–Crippen LogP) is 34.8. The molecule has 0 spiro atoms. The molecule has 746 valence electrons. The fraction of sp³-hybridized carbons (Fsp3) is 0.817.